The summed E-state index contributed by atoms with van der Waals surface area (Å²) in [7, 11) is -3.00. The number of hydrogen-bond acceptors (Lipinski definition) is 3. The zero-order valence-electron chi connectivity index (χ0n) is 10.6. The topological polar surface area (TPSA) is 63.2 Å². The van der Waals surface area contributed by atoms with Crippen LogP contribution in [0.4, 0.5) is 0 Å². The average molecular weight is 346 g/mol. The fourth-order valence-electron chi connectivity index (χ4n) is 2.27. The lowest BCUT2D eigenvalue weighted by Gasteiger charge is -2.23. The molecule has 0 spiro atoms. The molecule has 0 aromatic heterocycles. The smallest absolute Gasteiger partial charge is 0.251 e. The number of sulfone groups is 1. The van der Waals surface area contributed by atoms with Crippen LogP contribution in [0, 0.1) is 6.92 Å². The number of nitrogens with one attached hydrogen (secondary N) is 1. The monoisotopic (exact) mass is 345 g/mol. The van der Waals surface area contributed by atoms with Crippen molar-refractivity contribution in [2.45, 2.75) is 25.8 Å². The van der Waals surface area contributed by atoms with Gasteiger partial charge in [0.05, 0.1) is 11.5 Å². The molecule has 0 saturated carbocycles. The van der Waals surface area contributed by atoms with E-state index in [0.29, 0.717) is 12.0 Å². The van der Waals surface area contributed by atoms with Crippen LogP contribution in [0.1, 0.15) is 28.8 Å². The van der Waals surface area contributed by atoms with Crippen molar-refractivity contribution >= 4 is 31.7 Å². The van der Waals surface area contributed by atoms with E-state index >= 15 is 0 Å². The van der Waals surface area contributed by atoms with Crippen molar-refractivity contribution in [2.75, 3.05) is 11.5 Å². The molecular formula is C13H16BrNO3S. The van der Waals surface area contributed by atoms with Crippen molar-refractivity contribution in [1.82, 2.24) is 5.32 Å². The zero-order chi connectivity index (χ0) is 14.0. The normalized spacial score (nSPS) is 21.9. The first-order valence-corrected chi connectivity index (χ1v) is 8.76. The maximum Gasteiger partial charge on any atom is 0.251 e. The molecule has 1 amide bonds. The highest BCUT2D eigenvalue weighted by Gasteiger charge is 2.26. The Labute approximate surface area is 121 Å². The minimum absolute atomic E-state index is 0.0473. The number of amides is 1. The molecular weight excluding hydrogens is 330 g/mol. The molecule has 0 radical (unpaired) electrons. The maximum absolute atomic E-state index is 12.1. The molecule has 1 N–H and O–H groups in total. The highest BCUT2D eigenvalue weighted by molar-refractivity contribution is 9.10. The van der Waals surface area contributed by atoms with Crippen molar-refractivity contribution in [3.05, 3.63) is 33.8 Å². The zero-order valence-corrected chi connectivity index (χ0v) is 13.1. The first kappa shape index (κ1) is 14.5. The summed E-state index contributed by atoms with van der Waals surface area (Å²) in [5, 5.41) is 2.81. The van der Waals surface area contributed by atoms with Crippen molar-refractivity contribution in [2.24, 2.45) is 0 Å². The summed E-state index contributed by atoms with van der Waals surface area (Å²) < 4.78 is 23.9. The third-order valence-corrected chi connectivity index (χ3v) is 5.38. The van der Waals surface area contributed by atoms with E-state index in [2.05, 4.69) is 21.2 Å². The van der Waals surface area contributed by atoms with Gasteiger partial charge in [-0.15, -0.1) is 0 Å². The van der Waals surface area contributed by atoms with Gasteiger partial charge >= 0.3 is 0 Å². The number of carbonyl (C=O) groups is 1. The first-order chi connectivity index (χ1) is 8.85. The van der Waals surface area contributed by atoms with E-state index in [1.54, 1.807) is 12.1 Å². The molecule has 1 aliphatic rings. The molecule has 1 fully saturated rings. The van der Waals surface area contributed by atoms with E-state index in [9.17, 15) is 13.2 Å². The molecule has 104 valence electrons. The Morgan fingerprint density at radius 3 is 2.74 bits per heavy atom. The molecule has 4 nitrogen and oxygen atoms in total. The number of rotatable bonds is 2. The second-order valence-electron chi connectivity index (χ2n) is 4.94. The largest absolute Gasteiger partial charge is 0.348 e. The minimum atomic E-state index is -3.00. The molecule has 2 rings (SSSR count). The Kier molecular flexibility index (Phi) is 4.30. The van der Waals surface area contributed by atoms with Crippen LogP contribution in [0.3, 0.4) is 0 Å². The summed E-state index contributed by atoms with van der Waals surface area (Å²) >= 11 is 3.35. The van der Waals surface area contributed by atoms with Gasteiger partial charge in [0.25, 0.3) is 5.91 Å². The molecule has 19 heavy (non-hydrogen) atoms. The van der Waals surface area contributed by atoms with E-state index in [4.69, 9.17) is 0 Å². The number of benzene rings is 1. The third kappa shape index (κ3) is 4.04. The van der Waals surface area contributed by atoms with E-state index in [0.717, 1.165) is 16.5 Å². The molecule has 1 aromatic rings. The van der Waals surface area contributed by atoms with Gasteiger partial charge in [-0.05, 0) is 43.5 Å². The number of aryl methyl sites for hydroxylation is 1. The summed E-state index contributed by atoms with van der Waals surface area (Å²) in [5.74, 6) is 0.0627. The summed E-state index contributed by atoms with van der Waals surface area (Å²) in [5.41, 5.74) is 1.53. The van der Waals surface area contributed by atoms with Crippen molar-refractivity contribution in [3.63, 3.8) is 0 Å². The fraction of sp³-hybridized carbons (Fsp3) is 0.462. The van der Waals surface area contributed by atoms with Gasteiger partial charge < -0.3 is 5.32 Å². The molecule has 1 unspecified atom stereocenters. The van der Waals surface area contributed by atoms with Gasteiger partial charge in [-0.3, -0.25) is 4.79 Å². The molecule has 1 aromatic carbocycles. The van der Waals surface area contributed by atoms with Crippen molar-refractivity contribution < 1.29 is 13.2 Å². The quantitative estimate of drug-likeness (QED) is 0.892. The molecule has 0 aliphatic carbocycles. The van der Waals surface area contributed by atoms with Crippen LogP contribution >= 0.6 is 15.9 Å². The highest BCUT2D eigenvalue weighted by Crippen LogP contribution is 2.17. The fourth-order valence-corrected chi connectivity index (χ4v) is 4.52. The molecule has 1 atom stereocenters. The lowest BCUT2D eigenvalue weighted by atomic mass is 10.1. The molecule has 1 saturated heterocycles. The minimum Gasteiger partial charge on any atom is -0.348 e. The lowest BCUT2D eigenvalue weighted by Crippen LogP contribution is -2.43. The lowest BCUT2D eigenvalue weighted by molar-refractivity contribution is 0.0938. The van der Waals surface area contributed by atoms with Crippen LogP contribution in [0.2, 0.25) is 0 Å². The van der Waals surface area contributed by atoms with Crippen molar-refractivity contribution in [3.8, 4) is 0 Å². The Morgan fingerprint density at radius 2 is 2.11 bits per heavy atom. The van der Waals surface area contributed by atoms with E-state index in [1.165, 1.54) is 0 Å². The van der Waals surface area contributed by atoms with Crippen LogP contribution in [0.5, 0.6) is 0 Å². The maximum atomic E-state index is 12.1. The highest BCUT2D eigenvalue weighted by atomic mass is 79.9. The van der Waals surface area contributed by atoms with Crippen LogP contribution in [0.25, 0.3) is 0 Å². The first-order valence-electron chi connectivity index (χ1n) is 6.14. The molecule has 1 aliphatic heterocycles. The van der Waals surface area contributed by atoms with Crippen LogP contribution < -0.4 is 5.32 Å². The summed E-state index contributed by atoms with van der Waals surface area (Å²) in [6.07, 6.45) is 1.34. The third-order valence-electron chi connectivity index (χ3n) is 3.10. The van der Waals surface area contributed by atoms with Crippen LogP contribution in [0.15, 0.2) is 22.7 Å². The summed E-state index contributed by atoms with van der Waals surface area (Å²) in [6, 6.07) is 5.17. The van der Waals surface area contributed by atoms with Gasteiger partial charge in [-0.2, -0.15) is 0 Å². The van der Waals surface area contributed by atoms with Gasteiger partial charge in [-0.25, -0.2) is 8.42 Å². The van der Waals surface area contributed by atoms with Crippen LogP contribution in [-0.2, 0) is 9.84 Å². The Balaban J connectivity index is 2.08. The molecule has 1 heterocycles. The van der Waals surface area contributed by atoms with Gasteiger partial charge in [0.1, 0.15) is 0 Å². The van der Waals surface area contributed by atoms with Gasteiger partial charge in [0.15, 0.2) is 9.84 Å². The number of hydrogen-bond donors (Lipinski definition) is 1. The average Bonchev–Trinajstić information content (AvgIpc) is 2.26. The van der Waals surface area contributed by atoms with Gasteiger partial charge in [-0.1, -0.05) is 15.9 Å². The summed E-state index contributed by atoms with van der Waals surface area (Å²) in [6.45, 7) is 1.91. The standard InChI is InChI=1S/C13H16BrNO3S/c1-9-5-10(7-11(14)6-9)13(16)15-12-3-2-4-19(17,18)8-12/h5-7,12H,2-4,8H2,1H3,(H,15,16). The predicted molar refractivity (Wildman–Crippen MR) is 78.0 cm³/mol. The SMILES string of the molecule is Cc1cc(Br)cc(C(=O)NC2CCCS(=O)(=O)C2)c1. The second kappa shape index (κ2) is 5.63. The molecule has 0 bridgehead atoms. The second-order valence-corrected chi connectivity index (χ2v) is 8.09. The number of carbonyl (C=O) groups excluding carboxylic acids is 1. The Bertz CT molecular complexity index is 578. The van der Waals surface area contributed by atoms with Gasteiger partial charge in [0, 0.05) is 16.1 Å². The van der Waals surface area contributed by atoms with Crippen molar-refractivity contribution in [1.29, 1.82) is 0 Å². The van der Waals surface area contributed by atoms with Crippen LogP contribution in [-0.4, -0.2) is 31.9 Å². The van der Waals surface area contributed by atoms with E-state index < -0.39 is 9.84 Å². The number of halogens is 1. The Hall–Kier alpha value is -0.880. The molecule has 6 heteroatoms. The predicted octanol–water partition coefficient (Wildman–Crippen LogP) is 2.06. The van der Waals surface area contributed by atoms with E-state index in [1.807, 2.05) is 13.0 Å². The van der Waals surface area contributed by atoms with E-state index in [-0.39, 0.29) is 23.5 Å². The van der Waals surface area contributed by atoms with Gasteiger partial charge in [0.2, 0.25) is 0 Å². The Morgan fingerprint density at radius 1 is 1.37 bits per heavy atom. The summed E-state index contributed by atoms with van der Waals surface area (Å²) in [4.78, 5) is 12.1.